The van der Waals surface area contributed by atoms with Gasteiger partial charge in [-0.1, -0.05) is 74.4 Å². The van der Waals surface area contributed by atoms with Crippen LogP contribution >= 0.6 is 11.3 Å². The van der Waals surface area contributed by atoms with Gasteiger partial charge in [-0.3, -0.25) is 28.8 Å². The fraction of sp³-hybridized carbons (Fsp3) is 0.585. The number of nitrogens with two attached hydrogens (primary N) is 1. The molecule has 60 heavy (non-hydrogen) atoms. The number of anilines is 1. The van der Waals surface area contributed by atoms with E-state index in [9.17, 15) is 46.7 Å². The van der Waals surface area contributed by atoms with Crippen LogP contribution < -0.4 is 37.6 Å². The van der Waals surface area contributed by atoms with Crippen molar-refractivity contribution in [2.45, 2.75) is 112 Å². The molecule has 0 aliphatic heterocycles. The molecule has 19 heteroatoms. The first kappa shape index (κ1) is 51.1. The molecule has 1 heterocycles. The van der Waals surface area contributed by atoms with Crippen molar-refractivity contribution in [1.82, 2.24) is 26.6 Å². The predicted molar refractivity (Wildman–Crippen MR) is 222 cm³/mol. The lowest BCUT2D eigenvalue weighted by Crippen LogP contribution is -2.61. The molecule has 2 rings (SSSR count). The van der Waals surface area contributed by atoms with Crippen LogP contribution in [0, 0.1) is 30.6 Å². The molecule has 0 aliphatic carbocycles. The van der Waals surface area contributed by atoms with Crippen molar-refractivity contribution < 1.29 is 51.5 Å². The minimum Gasteiger partial charge on any atom is -0.465 e. The normalized spacial score (nSPS) is 14.2. The van der Waals surface area contributed by atoms with Gasteiger partial charge >= 0.3 is 12.1 Å². The highest BCUT2D eigenvalue weighted by Gasteiger charge is 2.35. The van der Waals surface area contributed by atoms with Crippen LogP contribution in [0.2, 0.25) is 0 Å². The Hall–Kier alpha value is -5.04. The van der Waals surface area contributed by atoms with Crippen molar-refractivity contribution in [2.75, 3.05) is 25.5 Å². The maximum Gasteiger partial charge on any atom is 0.416 e. The monoisotopic (exact) mass is 867 g/mol. The minimum atomic E-state index is -4.55. The molecule has 0 saturated carbocycles. The number of esters is 1. The van der Waals surface area contributed by atoms with Crippen LogP contribution in [-0.4, -0.2) is 85.8 Å². The van der Waals surface area contributed by atoms with E-state index in [0.29, 0.717) is 5.56 Å². The Morgan fingerprint density at radius 3 is 1.60 bits per heavy atom. The number of hydrogen-bond acceptors (Lipinski definition) is 10. The summed E-state index contributed by atoms with van der Waals surface area (Å²) < 4.78 is 44.2. The van der Waals surface area contributed by atoms with E-state index in [1.807, 2.05) is 0 Å². The third-order valence-corrected chi connectivity index (χ3v) is 11.0. The van der Waals surface area contributed by atoms with Gasteiger partial charge in [-0.25, -0.2) is 4.79 Å². The number of hydrogen-bond donors (Lipinski definition) is 7. The van der Waals surface area contributed by atoms with E-state index in [0.717, 1.165) is 30.6 Å². The maximum atomic E-state index is 13.5. The zero-order valence-corrected chi connectivity index (χ0v) is 36.8. The number of carbonyl (C=O) groups is 7. The molecule has 0 spiro atoms. The Kier molecular flexibility index (Phi) is 19.2. The third kappa shape index (κ3) is 13.8. The van der Waals surface area contributed by atoms with E-state index in [1.54, 1.807) is 62.3 Å². The van der Waals surface area contributed by atoms with Crippen LogP contribution in [0.4, 0.5) is 18.2 Å². The molecular formula is C41H60F3N7O8S. The lowest BCUT2D eigenvalue weighted by Gasteiger charge is -2.30. The summed E-state index contributed by atoms with van der Waals surface area (Å²) >= 11 is 0.808. The van der Waals surface area contributed by atoms with Gasteiger partial charge in [0.15, 0.2) is 0 Å². The molecule has 0 fully saturated rings. The van der Waals surface area contributed by atoms with E-state index >= 15 is 0 Å². The number of carbonyl (C=O) groups excluding carboxylic acids is 7. The van der Waals surface area contributed by atoms with Crippen LogP contribution in [0.25, 0.3) is 0 Å². The number of methoxy groups -OCH3 is 1. The molecule has 0 saturated heterocycles. The summed E-state index contributed by atoms with van der Waals surface area (Å²) in [6.45, 7) is 17.0. The van der Waals surface area contributed by atoms with Gasteiger partial charge in [-0.15, -0.1) is 11.3 Å². The molecule has 5 atom stereocenters. The second kappa shape index (κ2) is 22.5. The van der Waals surface area contributed by atoms with Gasteiger partial charge in [-0.05, 0) is 60.3 Å². The number of nitrogens with one attached hydrogen (secondary N) is 6. The van der Waals surface area contributed by atoms with Crippen molar-refractivity contribution in [3.8, 4) is 0 Å². The number of amides is 6. The maximum absolute atomic E-state index is 13.5. The Morgan fingerprint density at radius 1 is 0.700 bits per heavy atom. The van der Waals surface area contributed by atoms with Gasteiger partial charge in [-0.2, -0.15) is 13.2 Å². The van der Waals surface area contributed by atoms with Crippen LogP contribution in [-0.2, 0) is 34.9 Å². The van der Waals surface area contributed by atoms with Gasteiger partial charge in [0.25, 0.3) is 5.91 Å². The Morgan fingerprint density at radius 2 is 1.17 bits per heavy atom. The number of ether oxygens (including phenoxy) is 1. The van der Waals surface area contributed by atoms with Crippen molar-refractivity contribution in [3.63, 3.8) is 0 Å². The first-order valence-electron chi connectivity index (χ1n) is 19.8. The number of alkyl halides is 3. The molecule has 1 aromatic carbocycles. The summed E-state index contributed by atoms with van der Waals surface area (Å²) in [5.41, 5.74) is 5.57. The fourth-order valence-corrected chi connectivity index (χ4v) is 7.15. The second-order valence-electron chi connectivity index (χ2n) is 15.8. The van der Waals surface area contributed by atoms with Crippen LogP contribution in [0.1, 0.15) is 111 Å². The molecule has 2 aromatic rings. The van der Waals surface area contributed by atoms with E-state index < -0.39 is 95.1 Å². The zero-order chi connectivity index (χ0) is 45.8. The van der Waals surface area contributed by atoms with E-state index in [1.165, 1.54) is 19.1 Å². The summed E-state index contributed by atoms with van der Waals surface area (Å²) in [5, 5.41) is 16.1. The van der Waals surface area contributed by atoms with Crippen molar-refractivity contribution in [2.24, 2.45) is 29.4 Å². The molecule has 1 unspecified atom stereocenters. The summed E-state index contributed by atoms with van der Waals surface area (Å²) in [4.78, 5) is 92.4. The second-order valence-corrected chi connectivity index (χ2v) is 16.8. The zero-order valence-electron chi connectivity index (χ0n) is 36.0. The van der Waals surface area contributed by atoms with Gasteiger partial charge in [0.1, 0.15) is 23.1 Å². The average Bonchev–Trinajstić information content (AvgIpc) is 3.49. The van der Waals surface area contributed by atoms with E-state index in [4.69, 9.17) is 10.5 Å². The summed E-state index contributed by atoms with van der Waals surface area (Å²) in [7, 11) is 1.13. The van der Waals surface area contributed by atoms with Gasteiger partial charge < -0.3 is 42.4 Å². The molecule has 0 aliphatic rings. The number of thiophene rings is 1. The SMILES string of the molecule is CCC(C(=O)Nc1sc(C(=O)NCCNC(=O)[C@@H](NC(=O)[C@@H](NC(=O)[C@@H](NC(=O)[C@@H](N)C(C)C)C(C)C)C(C)C)C(C)C)c(C)c1C(=O)OC)c1ccc(C(F)(F)F)cc1. The first-order chi connectivity index (χ1) is 27.9. The summed E-state index contributed by atoms with van der Waals surface area (Å²) in [6, 6.07) is 0.307. The standard InChI is InChI=1S/C41H60F3N7O8S/c1-12-26(24-13-15-25(16-14-24)41(42,43)44)33(52)51-39-27(40(58)59-11)23(10)32(60-39)38(57)47-18-17-46-35(54)29(20(4)5)49-37(56)31(22(8)9)50-36(55)30(21(6)7)48-34(53)28(45)19(2)3/h13-16,19-22,26,28-31H,12,17-18,45H2,1-11H3,(H,46,54)(H,47,57)(H,48,53)(H,49,56)(H,50,55)(H,51,52)/t26?,28-,29-,30-,31-/m0/s1. The highest BCUT2D eigenvalue weighted by Crippen LogP contribution is 2.36. The first-order valence-corrected chi connectivity index (χ1v) is 20.6. The van der Waals surface area contributed by atoms with Crippen LogP contribution in [0.15, 0.2) is 24.3 Å². The Balaban J connectivity index is 2.13. The molecule has 334 valence electrons. The largest absolute Gasteiger partial charge is 0.465 e. The average molecular weight is 868 g/mol. The van der Waals surface area contributed by atoms with Crippen LogP contribution in [0.5, 0.6) is 0 Å². The number of benzene rings is 1. The van der Waals surface area contributed by atoms with Crippen LogP contribution in [0.3, 0.4) is 0 Å². The molecule has 15 nitrogen and oxygen atoms in total. The molecule has 8 N–H and O–H groups in total. The number of halogens is 3. The molecule has 0 radical (unpaired) electrons. The van der Waals surface area contributed by atoms with Crippen molar-refractivity contribution in [1.29, 1.82) is 0 Å². The number of rotatable bonds is 20. The topological polar surface area (TPSA) is 227 Å². The van der Waals surface area contributed by atoms with Crippen molar-refractivity contribution in [3.05, 3.63) is 51.4 Å². The summed E-state index contributed by atoms with van der Waals surface area (Å²) in [6.07, 6.45) is -4.33. The highest BCUT2D eigenvalue weighted by molar-refractivity contribution is 7.18. The fourth-order valence-electron chi connectivity index (χ4n) is 6.04. The molecule has 0 bridgehead atoms. The van der Waals surface area contributed by atoms with E-state index in [2.05, 4.69) is 31.9 Å². The van der Waals surface area contributed by atoms with Crippen molar-refractivity contribution >= 4 is 57.8 Å². The molecule has 1 aromatic heterocycles. The Bertz CT molecular complexity index is 1850. The summed E-state index contributed by atoms with van der Waals surface area (Å²) in [5.74, 6) is -6.47. The quantitative estimate of drug-likeness (QED) is 0.0745. The Labute approximate surface area is 353 Å². The minimum absolute atomic E-state index is 0.0133. The highest BCUT2D eigenvalue weighted by atomic mass is 32.1. The predicted octanol–water partition coefficient (Wildman–Crippen LogP) is 4.25. The van der Waals surface area contributed by atoms with Gasteiger partial charge in [0.2, 0.25) is 29.5 Å². The lowest BCUT2D eigenvalue weighted by atomic mass is 9.94. The smallest absolute Gasteiger partial charge is 0.416 e. The van der Waals surface area contributed by atoms with Gasteiger partial charge in [0.05, 0.1) is 35.1 Å². The van der Waals surface area contributed by atoms with Gasteiger partial charge in [0, 0.05) is 13.1 Å². The molecular weight excluding hydrogens is 808 g/mol. The molecule has 6 amide bonds. The van der Waals surface area contributed by atoms with E-state index in [-0.39, 0.29) is 52.4 Å². The third-order valence-electron chi connectivity index (χ3n) is 9.82. The lowest BCUT2D eigenvalue weighted by molar-refractivity contribution is -0.137.